The van der Waals surface area contributed by atoms with Crippen molar-refractivity contribution in [3.8, 4) is 0 Å². The SMILES string of the molecule is CCN(Cc1nc2ccccc2[nH]1)CC1CCCN1. The average Bonchev–Trinajstić information content (AvgIpc) is 3.06. The highest BCUT2D eigenvalue weighted by Crippen LogP contribution is 2.13. The lowest BCUT2D eigenvalue weighted by Gasteiger charge is -2.23. The summed E-state index contributed by atoms with van der Waals surface area (Å²) in [5, 5.41) is 3.56. The Balaban J connectivity index is 1.67. The molecule has 0 radical (unpaired) electrons. The van der Waals surface area contributed by atoms with Crippen LogP contribution in [0.2, 0.25) is 0 Å². The first-order chi connectivity index (χ1) is 9.35. The number of hydrogen-bond donors (Lipinski definition) is 2. The van der Waals surface area contributed by atoms with E-state index >= 15 is 0 Å². The van der Waals surface area contributed by atoms with E-state index in [1.165, 1.54) is 19.4 Å². The summed E-state index contributed by atoms with van der Waals surface area (Å²) >= 11 is 0. The molecule has 1 atom stereocenters. The number of para-hydroxylation sites is 2. The third-order valence-corrected chi connectivity index (χ3v) is 3.90. The van der Waals surface area contributed by atoms with Crippen LogP contribution in [-0.2, 0) is 6.54 Å². The van der Waals surface area contributed by atoms with Gasteiger partial charge >= 0.3 is 0 Å². The van der Waals surface area contributed by atoms with Crippen molar-refractivity contribution in [3.63, 3.8) is 0 Å². The van der Waals surface area contributed by atoms with Crippen LogP contribution in [0.15, 0.2) is 24.3 Å². The summed E-state index contributed by atoms with van der Waals surface area (Å²) in [7, 11) is 0. The number of nitrogens with one attached hydrogen (secondary N) is 2. The highest BCUT2D eigenvalue weighted by molar-refractivity contribution is 5.74. The number of fused-ring (bicyclic) bond motifs is 1. The number of nitrogens with zero attached hydrogens (tertiary/aromatic N) is 2. The fourth-order valence-electron chi connectivity index (χ4n) is 2.82. The molecule has 0 aliphatic carbocycles. The van der Waals surface area contributed by atoms with Gasteiger partial charge in [0, 0.05) is 12.6 Å². The summed E-state index contributed by atoms with van der Waals surface area (Å²) in [4.78, 5) is 10.5. The molecule has 1 unspecified atom stereocenters. The molecule has 1 fully saturated rings. The standard InChI is InChI=1S/C15H22N4/c1-2-19(10-12-6-5-9-16-12)11-15-17-13-7-3-4-8-14(13)18-15/h3-4,7-8,12,16H,2,5-6,9-11H2,1H3,(H,17,18). The largest absolute Gasteiger partial charge is 0.341 e. The molecule has 1 aliphatic rings. The van der Waals surface area contributed by atoms with E-state index in [0.717, 1.165) is 36.5 Å². The zero-order chi connectivity index (χ0) is 13.1. The van der Waals surface area contributed by atoms with Gasteiger partial charge in [0.1, 0.15) is 5.82 Å². The number of likely N-dealkylation sites (N-methyl/N-ethyl adjacent to an activating group) is 1. The summed E-state index contributed by atoms with van der Waals surface area (Å²) in [5.41, 5.74) is 2.19. The number of benzene rings is 1. The summed E-state index contributed by atoms with van der Waals surface area (Å²) in [6.07, 6.45) is 2.61. The fraction of sp³-hybridized carbons (Fsp3) is 0.533. The van der Waals surface area contributed by atoms with Crippen molar-refractivity contribution in [1.29, 1.82) is 0 Å². The van der Waals surface area contributed by atoms with E-state index in [-0.39, 0.29) is 0 Å². The van der Waals surface area contributed by atoms with E-state index in [4.69, 9.17) is 0 Å². The predicted molar refractivity (Wildman–Crippen MR) is 78.1 cm³/mol. The Kier molecular flexibility index (Phi) is 3.80. The second kappa shape index (κ2) is 5.72. The predicted octanol–water partition coefficient (Wildman–Crippen LogP) is 2.14. The van der Waals surface area contributed by atoms with Gasteiger partial charge in [-0.2, -0.15) is 0 Å². The number of aromatic nitrogens is 2. The first-order valence-corrected chi connectivity index (χ1v) is 7.24. The molecule has 1 aliphatic heterocycles. The molecule has 2 aromatic rings. The van der Waals surface area contributed by atoms with Crippen molar-refractivity contribution in [2.24, 2.45) is 0 Å². The van der Waals surface area contributed by atoms with Crippen LogP contribution in [0.5, 0.6) is 0 Å². The Bertz CT molecular complexity index is 495. The van der Waals surface area contributed by atoms with Crippen LogP contribution in [0, 0.1) is 0 Å². The number of H-pyrrole nitrogens is 1. The lowest BCUT2D eigenvalue weighted by atomic mass is 10.2. The first-order valence-electron chi connectivity index (χ1n) is 7.24. The number of imidazole rings is 1. The molecule has 102 valence electrons. The van der Waals surface area contributed by atoms with Crippen molar-refractivity contribution >= 4 is 11.0 Å². The number of hydrogen-bond acceptors (Lipinski definition) is 3. The average molecular weight is 258 g/mol. The van der Waals surface area contributed by atoms with E-state index in [1.54, 1.807) is 0 Å². The molecule has 3 rings (SSSR count). The molecule has 19 heavy (non-hydrogen) atoms. The van der Waals surface area contributed by atoms with Gasteiger partial charge in [0.05, 0.1) is 17.6 Å². The number of rotatable bonds is 5. The quantitative estimate of drug-likeness (QED) is 0.863. The molecule has 2 heterocycles. The van der Waals surface area contributed by atoms with Gasteiger partial charge in [-0.25, -0.2) is 4.98 Å². The van der Waals surface area contributed by atoms with Crippen LogP contribution in [0.4, 0.5) is 0 Å². The van der Waals surface area contributed by atoms with Crippen LogP contribution in [-0.4, -0.2) is 40.5 Å². The van der Waals surface area contributed by atoms with Crippen molar-refractivity contribution < 1.29 is 0 Å². The lowest BCUT2D eigenvalue weighted by molar-refractivity contribution is 0.248. The maximum Gasteiger partial charge on any atom is 0.121 e. The van der Waals surface area contributed by atoms with Gasteiger partial charge in [-0.05, 0) is 38.1 Å². The lowest BCUT2D eigenvalue weighted by Crippen LogP contribution is -2.37. The van der Waals surface area contributed by atoms with E-state index in [1.807, 2.05) is 12.1 Å². The minimum atomic E-state index is 0.657. The van der Waals surface area contributed by atoms with Gasteiger partial charge in [0.15, 0.2) is 0 Å². The Hall–Kier alpha value is -1.39. The molecule has 1 saturated heterocycles. The molecule has 4 heteroatoms. The van der Waals surface area contributed by atoms with E-state index in [0.29, 0.717) is 6.04 Å². The Morgan fingerprint density at radius 3 is 3.00 bits per heavy atom. The second-order valence-corrected chi connectivity index (χ2v) is 5.32. The van der Waals surface area contributed by atoms with E-state index in [2.05, 4.69) is 39.2 Å². The smallest absolute Gasteiger partial charge is 0.121 e. The Morgan fingerprint density at radius 1 is 1.37 bits per heavy atom. The second-order valence-electron chi connectivity index (χ2n) is 5.32. The highest BCUT2D eigenvalue weighted by atomic mass is 15.2. The maximum absolute atomic E-state index is 4.66. The van der Waals surface area contributed by atoms with Gasteiger partial charge in [0.25, 0.3) is 0 Å². The molecule has 1 aromatic carbocycles. The van der Waals surface area contributed by atoms with Crippen molar-refractivity contribution in [2.45, 2.75) is 32.4 Å². The van der Waals surface area contributed by atoms with Gasteiger partial charge in [-0.3, -0.25) is 4.90 Å². The molecule has 2 N–H and O–H groups in total. The Morgan fingerprint density at radius 2 is 2.26 bits per heavy atom. The molecule has 1 aromatic heterocycles. The van der Waals surface area contributed by atoms with Crippen LogP contribution >= 0.6 is 0 Å². The molecule has 0 bridgehead atoms. The maximum atomic E-state index is 4.66. The van der Waals surface area contributed by atoms with Crippen LogP contribution in [0.25, 0.3) is 11.0 Å². The zero-order valence-corrected chi connectivity index (χ0v) is 11.5. The normalized spacial score (nSPS) is 19.6. The van der Waals surface area contributed by atoms with Gasteiger partial charge < -0.3 is 10.3 Å². The molecule has 0 spiro atoms. The number of aromatic amines is 1. The van der Waals surface area contributed by atoms with Crippen molar-refractivity contribution in [3.05, 3.63) is 30.1 Å². The van der Waals surface area contributed by atoms with Crippen LogP contribution < -0.4 is 5.32 Å². The van der Waals surface area contributed by atoms with Gasteiger partial charge in [-0.15, -0.1) is 0 Å². The van der Waals surface area contributed by atoms with Crippen LogP contribution in [0.1, 0.15) is 25.6 Å². The van der Waals surface area contributed by atoms with Gasteiger partial charge in [-0.1, -0.05) is 19.1 Å². The molecular weight excluding hydrogens is 236 g/mol. The zero-order valence-electron chi connectivity index (χ0n) is 11.5. The van der Waals surface area contributed by atoms with E-state index < -0.39 is 0 Å². The van der Waals surface area contributed by atoms with Crippen molar-refractivity contribution in [2.75, 3.05) is 19.6 Å². The van der Waals surface area contributed by atoms with Crippen LogP contribution in [0.3, 0.4) is 0 Å². The van der Waals surface area contributed by atoms with Gasteiger partial charge in [0.2, 0.25) is 0 Å². The Labute approximate surface area is 114 Å². The minimum Gasteiger partial charge on any atom is -0.341 e. The molecule has 0 amide bonds. The third kappa shape index (κ3) is 2.96. The minimum absolute atomic E-state index is 0.657. The summed E-state index contributed by atoms with van der Waals surface area (Å²) < 4.78 is 0. The summed E-state index contributed by atoms with van der Waals surface area (Å²) in [6, 6.07) is 8.88. The summed E-state index contributed by atoms with van der Waals surface area (Å²) in [5.74, 6) is 1.07. The molecule has 0 saturated carbocycles. The topological polar surface area (TPSA) is 44.0 Å². The molecule has 4 nitrogen and oxygen atoms in total. The fourth-order valence-corrected chi connectivity index (χ4v) is 2.82. The summed E-state index contributed by atoms with van der Waals surface area (Å²) in [6.45, 7) is 6.48. The highest BCUT2D eigenvalue weighted by Gasteiger charge is 2.17. The van der Waals surface area contributed by atoms with E-state index in [9.17, 15) is 0 Å². The first kappa shape index (κ1) is 12.6. The molecular formula is C15H22N4. The van der Waals surface area contributed by atoms with Crippen molar-refractivity contribution in [1.82, 2.24) is 20.2 Å². The monoisotopic (exact) mass is 258 g/mol. The third-order valence-electron chi connectivity index (χ3n) is 3.90.